The fourth-order valence-corrected chi connectivity index (χ4v) is 3.56. The number of esters is 1. The molecular formula is C22H26N2O6S. The summed E-state index contributed by atoms with van der Waals surface area (Å²) in [4.78, 5) is 36.4. The lowest BCUT2D eigenvalue weighted by Crippen LogP contribution is -2.40. The lowest BCUT2D eigenvalue weighted by molar-refractivity contribution is -0.144. The fourth-order valence-electron chi connectivity index (χ4n) is 2.35. The molecule has 0 aliphatic rings. The molecule has 0 aromatic heterocycles. The first-order valence-corrected chi connectivity index (χ1v) is 11.1. The standard InChI is InChI=1S/C22H26N2O6S/c1-15(24-31(28,29)18-8-6-5-7-9-18)20(26)30-14-19(25)16-10-12-17(13-11-16)23-21(27)22(2,3)4/h5-13,15,24H,14H2,1-4H3,(H,23,27)/t15-/m0/s1. The molecule has 0 fully saturated rings. The summed E-state index contributed by atoms with van der Waals surface area (Å²) in [6.45, 7) is 6.16. The predicted octanol–water partition coefficient (Wildman–Crippen LogP) is 2.76. The molecule has 8 nitrogen and oxygen atoms in total. The molecule has 0 unspecified atom stereocenters. The number of carbonyl (C=O) groups excluding carboxylic acids is 3. The number of carbonyl (C=O) groups is 3. The molecule has 2 N–H and O–H groups in total. The van der Waals surface area contributed by atoms with Crippen molar-refractivity contribution in [2.24, 2.45) is 5.41 Å². The Hall–Kier alpha value is -3.04. The number of sulfonamides is 1. The van der Waals surface area contributed by atoms with E-state index in [2.05, 4.69) is 10.0 Å². The van der Waals surface area contributed by atoms with Crippen molar-refractivity contribution in [1.29, 1.82) is 0 Å². The van der Waals surface area contributed by atoms with Gasteiger partial charge < -0.3 is 10.1 Å². The molecule has 2 aromatic carbocycles. The number of ketones is 1. The zero-order chi connectivity index (χ0) is 23.2. The van der Waals surface area contributed by atoms with E-state index in [0.717, 1.165) is 0 Å². The van der Waals surface area contributed by atoms with Crippen LogP contribution in [-0.4, -0.2) is 38.7 Å². The Morgan fingerprint density at radius 1 is 0.968 bits per heavy atom. The van der Waals surface area contributed by atoms with Crippen LogP contribution in [0.4, 0.5) is 5.69 Å². The van der Waals surface area contributed by atoms with Crippen LogP contribution in [0, 0.1) is 5.41 Å². The fraction of sp³-hybridized carbons (Fsp3) is 0.318. The maximum atomic E-state index is 12.3. The SMILES string of the molecule is C[C@H](NS(=O)(=O)c1ccccc1)C(=O)OCC(=O)c1ccc(NC(=O)C(C)(C)C)cc1. The van der Waals surface area contributed by atoms with Crippen molar-refractivity contribution in [1.82, 2.24) is 4.72 Å². The Morgan fingerprint density at radius 2 is 1.55 bits per heavy atom. The lowest BCUT2D eigenvalue weighted by atomic mass is 9.95. The van der Waals surface area contributed by atoms with E-state index in [-0.39, 0.29) is 10.8 Å². The highest BCUT2D eigenvalue weighted by Gasteiger charge is 2.24. The first-order chi connectivity index (χ1) is 14.4. The first kappa shape index (κ1) is 24.2. The number of amides is 1. The quantitative estimate of drug-likeness (QED) is 0.475. The Labute approximate surface area is 182 Å². The van der Waals surface area contributed by atoms with Crippen LogP contribution in [0.25, 0.3) is 0 Å². The number of benzene rings is 2. The van der Waals surface area contributed by atoms with Crippen LogP contribution in [0.2, 0.25) is 0 Å². The molecule has 9 heteroatoms. The van der Waals surface area contributed by atoms with E-state index in [1.165, 1.54) is 31.2 Å². The number of anilines is 1. The maximum Gasteiger partial charge on any atom is 0.324 e. The van der Waals surface area contributed by atoms with Crippen LogP contribution in [0.5, 0.6) is 0 Å². The Kier molecular flexibility index (Phi) is 7.70. The molecule has 0 heterocycles. The van der Waals surface area contributed by atoms with Crippen molar-refractivity contribution in [3.63, 3.8) is 0 Å². The second-order valence-electron chi connectivity index (χ2n) is 7.97. The van der Waals surface area contributed by atoms with Gasteiger partial charge in [0.2, 0.25) is 15.9 Å². The lowest BCUT2D eigenvalue weighted by Gasteiger charge is -2.17. The molecule has 0 radical (unpaired) electrons. The summed E-state index contributed by atoms with van der Waals surface area (Å²) in [7, 11) is -3.89. The van der Waals surface area contributed by atoms with Gasteiger partial charge in [-0.2, -0.15) is 4.72 Å². The van der Waals surface area contributed by atoms with E-state index in [9.17, 15) is 22.8 Å². The molecule has 2 rings (SSSR count). The highest BCUT2D eigenvalue weighted by Crippen LogP contribution is 2.18. The second kappa shape index (κ2) is 9.84. The van der Waals surface area contributed by atoms with Gasteiger partial charge in [-0.25, -0.2) is 8.42 Å². The Balaban J connectivity index is 1.90. The average molecular weight is 447 g/mol. The average Bonchev–Trinajstić information content (AvgIpc) is 2.71. The number of hydrogen-bond acceptors (Lipinski definition) is 6. The molecule has 0 saturated carbocycles. The summed E-state index contributed by atoms with van der Waals surface area (Å²) in [5.74, 6) is -1.49. The van der Waals surface area contributed by atoms with E-state index in [4.69, 9.17) is 4.74 Å². The van der Waals surface area contributed by atoms with Crippen LogP contribution in [0.1, 0.15) is 38.1 Å². The van der Waals surface area contributed by atoms with Crippen LogP contribution >= 0.6 is 0 Å². The van der Waals surface area contributed by atoms with E-state index in [1.54, 1.807) is 51.1 Å². The van der Waals surface area contributed by atoms with E-state index in [0.29, 0.717) is 11.3 Å². The molecule has 1 amide bonds. The zero-order valence-electron chi connectivity index (χ0n) is 17.8. The van der Waals surface area contributed by atoms with E-state index in [1.807, 2.05) is 0 Å². The highest BCUT2D eigenvalue weighted by atomic mass is 32.2. The van der Waals surface area contributed by atoms with Gasteiger partial charge >= 0.3 is 5.97 Å². The second-order valence-corrected chi connectivity index (χ2v) is 9.68. The van der Waals surface area contributed by atoms with Crippen molar-refractivity contribution in [3.8, 4) is 0 Å². The van der Waals surface area contributed by atoms with E-state index < -0.39 is 39.8 Å². The maximum absolute atomic E-state index is 12.3. The summed E-state index contributed by atoms with van der Waals surface area (Å²) in [5.41, 5.74) is 0.276. The largest absolute Gasteiger partial charge is 0.456 e. The summed E-state index contributed by atoms with van der Waals surface area (Å²) >= 11 is 0. The van der Waals surface area contributed by atoms with Crippen molar-refractivity contribution in [2.45, 2.75) is 38.6 Å². The molecule has 0 aliphatic heterocycles. The number of hydrogen-bond donors (Lipinski definition) is 2. The zero-order valence-corrected chi connectivity index (χ0v) is 18.7. The number of rotatable bonds is 8. The third kappa shape index (κ3) is 7.01. The minimum Gasteiger partial charge on any atom is -0.456 e. The monoisotopic (exact) mass is 446 g/mol. The summed E-state index contributed by atoms with van der Waals surface area (Å²) in [6.07, 6.45) is 0. The van der Waals surface area contributed by atoms with Gasteiger partial charge in [0.05, 0.1) is 4.90 Å². The predicted molar refractivity (Wildman–Crippen MR) is 116 cm³/mol. The van der Waals surface area contributed by atoms with Crippen LogP contribution < -0.4 is 10.0 Å². The molecular weight excluding hydrogens is 420 g/mol. The minimum atomic E-state index is -3.89. The van der Waals surface area contributed by atoms with Gasteiger partial charge in [0.25, 0.3) is 0 Å². The van der Waals surface area contributed by atoms with E-state index >= 15 is 0 Å². The van der Waals surface area contributed by atoms with Gasteiger partial charge in [0.15, 0.2) is 12.4 Å². The third-order valence-corrected chi connectivity index (χ3v) is 5.79. The number of Topliss-reactive ketones (excluding diaryl/α,β-unsaturated/α-hetero) is 1. The van der Waals surface area contributed by atoms with Gasteiger partial charge in [-0.1, -0.05) is 39.0 Å². The van der Waals surface area contributed by atoms with Gasteiger partial charge in [-0.05, 0) is 43.3 Å². The van der Waals surface area contributed by atoms with Gasteiger partial charge in [0, 0.05) is 16.7 Å². The van der Waals surface area contributed by atoms with Gasteiger partial charge in [-0.15, -0.1) is 0 Å². The van der Waals surface area contributed by atoms with Crippen molar-refractivity contribution < 1.29 is 27.5 Å². The topological polar surface area (TPSA) is 119 Å². The molecule has 166 valence electrons. The summed E-state index contributed by atoms with van der Waals surface area (Å²) in [5, 5.41) is 2.75. The number of nitrogens with one attached hydrogen (secondary N) is 2. The molecule has 0 spiro atoms. The van der Waals surface area contributed by atoms with Crippen molar-refractivity contribution >= 4 is 33.4 Å². The van der Waals surface area contributed by atoms with Crippen LogP contribution in [0.3, 0.4) is 0 Å². The number of ether oxygens (including phenoxy) is 1. The smallest absolute Gasteiger partial charge is 0.324 e. The normalized spacial score (nSPS) is 12.6. The van der Waals surface area contributed by atoms with Gasteiger partial charge in [0.1, 0.15) is 6.04 Å². The Morgan fingerprint density at radius 3 is 2.10 bits per heavy atom. The first-order valence-electron chi connectivity index (χ1n) is 9.59. The molecule has 1 atom stereocenters. The van der Waals surface area contributed by atoms with Crippen molar-refractivity contribution in [2.75, 3.05) is 11.9 Å². The molecule has 31 heavy (non-hydrogen) atoms. The third-order valence-electron chi connectivity index (χ3n) is 4.23. The van der Waals surface area contributed by atoms with Gasteiger partial charge in [-0.3, -0.25) is 14.4 Å². The van der Waals surface area contributed by atoms with Crippen molar-refractivity contribution in [3.05, 3.63) is 60.2 Å². The summed E-state index contributed by atoms with van der Waals surface area (Å²) in [6, 6.07) is 12.6. The van der Waals surface area contributed by atoms with Crippen LogP contribution in [-0.2, 0) is 24.3 Å². The minimum absolute atomic E-state index is 0.0179. The highest BCUT2D eigenvalue weighted by molar-refractivity contribution is 7.89. The Bertz CT molecular complexity index is 1040. The molecule has 2 aromatic rings. The molecule has 0 aliphatic carbocycles. The summed E-state index contributed by atoms with van der Waals surface area (Å²) < 4.78 is 31.7. The van der Waals surface area contributed by atoms with Crippen LogP contribution in [0.15, 0.2) is 59.5 Å². The molecule has 0 bridgehead atoms. The molecule has 0 saturated heterocycles.